The molecule has 1 N–H and O–H groups in total. The van der Waals surface area contributed by atoms with E-state index in [0.717, 1.165) is 23.8 Å². The van der Waals surface area contributed by atoms with Gasteiger partial charge in [-0.05, 0) is 13.1 Å². The minimum absolute atomic E-state index is 0.118. The van der Waals surface area contributed by atoms with Crippen molar-refractivity contribution in [2.75, 3.05) is 7.05 Å². The molecule has 0 amide bonds. The van der Waals surface area contributed by atoms with Crippen molar-refractivity contribution in [3.63, 3.8) is 0 Å². The number of nitrogens with one attached hydrogen (secondary N) is 1. The molecule has 18 heavy (non-hydrogen) atoms. The molecular weight excluding hydrogens is 244 g/mol. The van der Waals surface area contributed by atoms with Crippen molar-refractivity contribution in [3.8, 4) is 0 Å². The Hall–Kier alpha value is -1.20. The molecule has 0 bridgehead atoms. The third-order valence-corrected chi connectivity index (χ3v) is 3.60. The summed E-state index contributed by atoms with van der Waals surface area (Å²) in [6, 6.07) is 2.04. The first-order valence-electron chi connectivity index (χ1n) is 6.11. The van der Waals surface area contributed by atoms with E-state index in [1.165, 1.54) is 5.69 Å². The van der Waals surface area contributed by atoms with Gasteiger partial charge in [0.1, 0.15) is 5.01 Å². The van der Waals surface area contributed by atoms with Crippen molar-refractivity contribution in [3.05, 3.63) is 34.0 Å². The molecule has 0 spiro atoms. The highest BCUT2D eigenvalue weighted by Crippen LogP contribution is 2.24. The van der Waals surface area contributed by atoms with Crippen LogP contribution >= 0.6 is 11.3 Å². The van der Waals surface area contributed by atoms with Crippen LogP contribution in [0.1, 0.15) is 37.2 Å². The van der Waals surface area contributed by atoms with Crippen molar-refractivity contribution in [1.82, 2.24) is 20.1 Å². The topological polar surface area (TPSA) is 42.7 Å². The van der Waals surface area contributed by atoms with Crippen molar-refractivity contribution in [2.24, 2.45) is 0 Å². The lowest BCUT2D eigenvalue weighted by molar-refractivity contribution is 0.565. The van der Waals surface area contributed by atoms with Crippen molar-refractivity contribution in [2.45, 2.75) is 39.3 Å². The van der Waals surface area contributed by atoms with Gasteiger partial charge in [-0.3, -0.25) is 4.68 Å². The van der Waals surface area contributed by atoms with E-state index in [1.807, 2.05) is 24.0 Å². The number of hydrogen-bond acceptors (Lipinski definition) is 4. The van der Waals surface area contributed by atoms with Crippen LogP contribution in [0.3, 0.4) is 0 Å². The van der Waals surface area contributed by atoms with Gasteiger partial charge in [0.2, 0.25) is 0 Å². The molecule has 2 aromatic heterocycles. The van der Waals surface area contributed by atoms with Gasteiger partial charge in [0, 0.05) is 23.5 Å². The second kappa shape index (κ2) is 5.20. The molecule has 0 saturated heterocycles. The average molecular weight is 264 g/mol. The third kappa shape index (κ3) is 2.97. The Balaban J connectivity index is 2.14. The molecule has 2 rings (SSSR count). The molecule has 0 fully saturated rings. The maximum absolute atomic E-state index is 4.69. The van der Waals surface area contributed by atoms with Crippen LogP contribution in [0.2, 0.25) is 0 Å². The summed E-state index contributed by atoms with van der Waals surface area (Å²) >= 11 is 1.71. The summed E-state index contributed by atoms with van der Waals surface area (Å²) in [4.78, 5) is 4.69. The van der Waals surface area contributed by atoms with Crippen LogP contribution in [0.15, 0.2) is 17.6 Å². The number of thiazole rings is 1. The summed E-state index contributed by atoms with van der Waals surface area (Å²) in [5.74, 6) is 0. The molecule has 98 valence electrons. The Kier molecular flexibility index (Phi) is 3.82. The van der Waals surface area contributed by atoms with Gasteiger partial charge >= 0.3 is 0 Å². The lowest BCUT2D eigenvalue weighted by Crippen LogP contribution is -2.14. The predicted molar refractivity (Wildman–Crippen MR) is 74.9 cm³/mol. The van der Waals surface area contributed by atoms with Crippen LogP contribution in [0.25, 0.3) is 0 Å². The molecule has 0 aliphatic carbocycles. The van der Waals surface area contributed by atoms with E-state index in [0.29, 0.717) is 0 Å². The van der Waals surface area contributed by atoms with Gasteiger partial charge < -0.3 is 5.32 Å². The summed E-state index contributed by atoms with van der Waals surface area (Å²) in [5.41, 5.74) is 2.46. The zero-order valence-electron chi connectivity index (χ0n) is 11.4. The molecule has 0 aliphatic heterocycles. The van der Waals surface area contributed by atoms with Crippen molar-refractivity contribution >= 4 is 11.3 Å². The molecule has 0 atom stereocenters. The lowest BCUT2D eigenvalue weighted by Gasteiger charge is -2.14. The van der Waals surface area contributed by atoms with Crippen LogP contribution in [0.4, 0.5) is 0 Å². The number of rotatable bonds is 4. The third-order valence-electron chi connectivity index (χ3n) is 2.77. The first-order chi connectivity index (χ1) is 8.50. The van der Waals surface area contributed by atoms with E-state index < -0.39 is 0 Å². The van der Waals surface area contributed by atoms with E-state index in [9.17, 15) is 0 Å². The SMILES string of the molecule is CNCc1ccnn1Cc1nc(C(C)(C)C)cs1. The van der Waals surface area contributed by atoms with Crippen LogP contribution in [0, 0.1) is 0 Å². The maximum atomic E-state index is 4.69. The molecular formula is C13H20N4S. The zero-order chi connectivity index (χ0) is 13.2. The molecule has 0 aliphatic rings. The van der Waals surface area contributed by atoms with E-state index >= 15 is 0 Å². The standard InChI is InChI=1S/C13H20N4S/c1-13(2,3)11-9-18-12(16-11)8-17-10(7-14-4)5-6-15-17/h5-6,9,14H,7-8H2,1-4H3. The molecule has 0 saturated carbocycles. The fraction of sp³-hybridized carbons (Fsp3) is 0.538. The molecule has 5 heteroatoms. The van der Waals surface area contributed by atoms with Gasteiger partial charge in [0.15, 0.2) is 0 Å². The van der Waals surface area contributed by atoms with Crippen molar-refractivity contribution in [1.29, 1.82) is 0 Å². The molecule has 0 radical (unpaired) electrons. The van der Waals surface area contributed by atoms with Crippen LogP contribution in [-0.2, 0) is 18.5 Å². The number of hydrogen-bond donors (Lipinski definition) is 1. The second-order valence-corrected chi connectivity index (χ2v) is 6.33. The van der Waals surface area contributed by atoms with E-state index in [1.54, 1.807) is 11.3 Å². The first kappa shape index (κ1) is 13.2. The quantitative estimate of drug-likeness (QED) is 0.922. The Labute approximate surface area is 112 Å². The summed E-state index contributed by atoms with van der Waals surface area (Å²) in [5, 5.41) is 10.8. The normalized spacial score (nSPS) is 12.0. The van der Waals surface area contributed by atoms with Gasteiger partial charge in [-0.1, -0.05) is 20.8 Å². The molecule has 2 heterocycles. The lowest BCUT2D eigenvalue weighted by atomic mass is 9.93. The highest BCUT2D eigenvalue weighted by molar-refractivity contribution is 7.09. The Morgan fingerprint density at radius 3 is 2.78 bits per heavy atom. The predicted octanol–water partition coefficient (Wildman–Crippen LogP) is 2.40. The Bertz CT molecular complexity index is 507. The Morgan fingerprint density at radius 1 is 1.39 bits per heavy atom. The largest absolute Gasteiger partial charge is 0.314 e. The molecule has 4 nitrogen and oxygen atoms in total. The van der Waals surface area contributed by atoms with Crippen molar-refractivity contribution < 1.29 is 0 Å². The number of nitrogens with zero attached hydrogens (tertiary/aromatic N) is 3. The van der Waals surface area contributed by atoms with Gasteiger partial charge in [-0.15, -0.1) is 11.3 Å². The number of aromatic nitrogens is 3. The summed E-state index contributed by atoms with van der Waals surface area (Å²) in [6.07, 6.45) is 1.84. The van der Waals surface area contributed by atoms with Gasteiger partial charge in [-0.25, -0.2) is 4.98 Å². The zero-order valence-corrected chi connectivity index (χ0v) is 12.2. The Morgan fingerprint density at radius 2 is 2.17 bits per heavy atom. The maximum Gasteiger partial charge on any atom is 0.114 e. The van der Waals surface area contributed by atoms with Crippen LogP contribution in [0.5, 0.6) is 0 Å². The van der Waals surface area contributed by atoms with E-state index in [4.69, 9.17) is 4.98 Å². The minimum Gasteiger partial charge on any atom is -0.314 e. The van der Waals surface area contributed by atoms with E-state index in [-0.39, 0.29) is 5.41 Å². The van der Waals surface area contributed by atoms with E-state index in [2.05, 4.69) is 36.6 Å². The summed E-state index contributed by atoms with van der Waals surface area (Å²) < 4.78 is 2.00. The van der Waals surface area contributed by atoms with Gasteiger partial charge in [-0.2, -0.15) is 5.10 Å². The molecule has 0 unspecified atom stereocenters. The molecule has 0 aromatic carbocycles. The van der Waals surface area contributed by atoms with Gasteiger partial charge in [0.25, 0.3) is 0 Å². The summed E-state index contributed by atoms with van der Waals surface area (Å²) in [6.45, 7) is 8.15. The smallest absolute Gasteiger partial charge is 0.114 e. The molecule has 2 aromatic rings. The average Bonchev–Trinajstić information content (AvgIpc) is 2.89. The fourth-order valence-corrected chi connectivity index (χ4v) is 2.69. The monoisotopic (exact) mass is 264 g/mol. The second-order valence-electron chi connectivity index (χ2n) is 5.39. The highest BCUT2D eigenvalue weighted by atomic mass is 32.1. The van der Waals surface area contributed by atoms with Gasteiger partial charge in [0.05, 0.1) is 17.9 Å². The van der Waals surface area contributed by atoms with Crippen LogP contribution < -0.4 is 5.32 Å². The minimum atomic E-state index is 0.118. The van der Waals surface area contributed by atoms with Crippen LogP contribution in [-0.4, -0.2) is 21.8 Å². The highest BCUT2D eigenvalue weighted by Gasteiger charge is 2.17. The summed E-state index contributed by atoms with van der Waals surface area (Å²) in [7, 11) is 1.94. The first-order valence-corrected chi connectivity index (χ1v) is 6.99. The fourth-order valence-electron chi connectivity index (χ4n) is 1.69.